The first kappa shape index (κ1) is 14.9. The molecule has 3 heterocycles. The van der Waals surface area contributed by atoms with Crippen molar-refractivity contribution in [2.45, 2.75) is 45.1 Å². The van der Waals surface area contributed by atoms with Gasteiger partial charge in [0.1, 0.15) is 0 Å². The molecule has 5 atom stereocenters. The zero-order valence-electron chi connectivity index (χ0n) is 14.7. The van der Waals surface area contributed by atoms with Gasteiger partial charge in [0.25, 0.3) is 0 Å². The molecule has 1 N–H and O–H groups in total. The molecule has 0 radical (unpaired) electrons. The van der Waals surface area contributed by atoms with Gasteiger partial charge in [0, 0.05) is 29.7 Å². The lowest BCUT2D eigenvalue weighted by atomic mass is 9.64. The Balaban J connectivity index is 1.62. The molecular formula is C21H27FNO+. The molecule has 3 aliphatic heterocycles. The summed E-state index contributed by atoms with van der Waals surface area (Å²) in [6.07, 6.45) is 6.09. The number of methoxy groups -OCH3 is 1. The number of hydrogen-bond acceptors (Lipinski definition) is 1. The van der Waals surface area contributed by atoms with Crippen LogP contribution < -0.4 is 9.64 Å². The van der Waals surface area contributed by atoms with E-state index in [4.69, 9.17) is 4.74 Å². The van der Waals surface area contributed by atoms with Gasteiger partial charge in [-0.15, -0.1) is 0 Å². The molecule has 24 heavy (non-hydrogen) atoms. The van der Waals surface area contributed by atoms with Gasteiger partial charge in [0.2, 0.25) is 0 Å². The third kappa shape index (κ3) is 1.91. The minimum absolute atomic E-state index is 0.126. The number of fused-ring (bicyclic) bond motifs is 3. The summed E-state index contributed by atoms with van der Waals surface area (Å²) in [7, 11) is 1.57. The zero-order chi connectivity index (χ0) is 16.4. The van der Waals surface area contributed by atoms with Gasteiger partial charge >= 0.3 is 0 Å². The number of ether oxygens (including phenoxy) is 1. The molecule has 3 fully saturated rings. The average Bonchev–Trinajstić information content (AvgIpc) is 2.94. The van der Waals surface area contributed by atoms with Crippen molar-refractivity contribution < 1.29 is 14.0 Å². The van der Waals surface area contributed by atoms with Gasteiger partial charge in [-0.3, -0.25) is 0 Å². The molecule has 0 amide bonds. The Morgan fingerprint density at radius 2 is 2.17 bits per heavy atom. The van der Waals surface area contributed by atoms with Crippen molar-refractivity contribution in [3.8, 4) is 5.75 Å². The second-order valence-corrected chi connectivity index (χ2v) is 8.30. The van der Waals surface area contributed by atoms with Crippen molar-refractivity contribution in [3.05, 3.63) is 34.6 Å². The molecule has 3 heteroatoms. The van der Waals surface area contributed by atoms with Gasteiger partial charge in [0.15, 0.2) is 11.6 Å². The Kier molecular flexibility index (Phi) is 3.31. The van der Waals surface area contributed by atoms with Crippen LogP contribution in [0.4, 0.5) is 4.39 Å². The predicted molar refractivity (Wildman–Crippen MR) is 92.7 cm³/mol. The first-order valence-corrected chi connectivity index (χ1v) is 9.63. The second-order valence-electron chi connectivity index (χ2n) is 8.30. The summed E-state index contributed by atoms with van der Waals surface area (Å²) in [6, 6.07) is 4.68. The summed E-state index contributed by atoms with van der Waals surface area (Å²) in [5.74, 6) is 2.71. The maximum atomic E-state index is 15.0. The number of hydrogen-bond donors (Lipinski definition) is 1. The summed E-state index contributed by atoms with van der Waals surface area (Å²) in [4.78, 5) is 1.81. The Hall–Kier alpha value is -1.35. The van der Waals surface area contributed by atoms with E-state index >= 15 is 0 Å². The standard InChI is InChI=1S/C21H26FNO/c1-3-13-8-12-9-17-16-10-14-4-5-18(24-2)20(22)19(14)15(16)6-7-23(11-12)21(13)17/h4-5,12-13,17,21H,3,6-11H2,1-2H3/p+1/t12-,13+,17+,21+/m1/s1. The maximum Gasteiger partial charge on any atom is 0.172 e. The highest BCUT2D eigenvalue weighted by atomic mass is 19.1. The van der Waals surface area contributed by atoms with E-state index in [0.717, 1.165) is 36.3 Å². The summed E-state index contributed by atoms with van der Waals surface area (Å²) in [6.45, 7) is 4.90. The molecule has 4 bridgehead atoms. The zero-order valence-corrected chi connectivity index (χ0v) is 14.7. The van der Waals surface area contributed by atoms with E-state index < -0.39 is 0 Å². The first-order chi connectivity index (χ1) is 11.7. The number of quaternary nitrogens is 1. The fourth-order valence-electron chi connectivity index (χ4n) is 6.47. The fraction of sp³-hybridized carbons (Fsp3) is 0.619. The highest BCUT2D eigenvalue weighted by molar-refractivity contribution is 5.78. The third-order valence-electron chi connectivity index (χ3n) is 7.34. The normalized spacial score (nSPS) is 36.4. The molecular weight excluding hydrogens is 301 g/mol. The maximum absolute atomic E-state index is 15.0. The Bertz CT molecular complexity index is 725. The number of nitrogens with one attached hydrogen (secondary N) is 1. The lowest BCUT2D eigenvalue weighted by Gasteiger charge is -2.51. The predicted octanol–water partition coefficient (Wildman–Crippen LogP) is 2.87. The average molecular weight is 328 g/mol. The van der Waals surface area contributed by atoms with E-state index in [1.54, 1.807) is 18.7 Å². The van der Waals surface area contributed by atoms with E-state index in [9.17, 15) is 4.39 Å². The van der Waals surface area contributed by atoms with Gasteiger partial charge in [0.05, 0.1) is 26.2 Å². The summed E-state index contributed by atoms with van der Waals surface area (Å²) in [5.41, 5.74) is 5.00. The molecule has 1 aromatic carbocycles. The molecule has 1 aromatic rings. The van der Waals surface area contributed by atoms with Crippen LogP contribution in [0.3, 0.4) is 0 Å². The van der Waals surface area contributed by atoms with Crippen LogP contribution in [-0.4, -0.2) is 26.2 Å². The lowest BCUT2D eigenvalue weighted by molar-refractivity contribution is -0.947. The molecule has 0 spiro atoms. The van der Waals surface area contributed by atoms with Crippen LogP contribution in [0.25, 0.3) is 5.57 Å². The van der Waals surface area contributed by atoms with Gasteiger partial charge in [-0.05, 0) is 42.9 Å². The van der Waals surface area contributed by atoms with E-state index in [1.807, 2.05) is 4.90 Å². The second kappa shape index (κ2) is 5.32. The minimum atomic E-state index is -0.126. The monoisotopic (exact) mass is 328 g/mol. The van der Waals surface area contributed by atoms with Crippen LogP contribution >= 0.6 is 0 Å². The van der Waals surface area contributed by atoms with E-state index in [1.165, 1.54) is 43.5 Å². The van der Waals surface area contributed by atoms with E-state index in [-0.39, 0.29) is 5.82 Å². The highest BCUT2D eigenvalue weighted by Gasteiger charge is 2.52. The fourth-order valence-corrected chi connectivity index (χ4v) is 6.47. The summed E-state index contributed by atoms with van der Waals surface area (Å²) in [5, 5.41) is 0. The Labute approximate surface area is 143 Å². The number of rotatable bonds is 2. The number of halogens is 1. The molecule has 1 saturated carbocycles. The molecule has 2 saturated heterocycles. The lowest BCUT2D eigenvalue weighted by Crippen LogP contribution is -3.20. The van der Waals surface area contributed by atoms with Crippen LogP contribution in [0.1, 0.15) is 43.7 Å². The van der Waals surface area contributed by atoms with E-state index in [0.29, 0.717) is 11.7 Å². The molecule has 5 aliphatic rings. The van der Waals surface area contributed by atoms with Crippen LogP contribution in [0.5, 0.6) is 5.75 Å². The van der Waals surface area contributed by atoms with Crippen molar-refractivity contribution in [3.63, 3.8) is 0 Å². The van der Waals surface area contributed by atoms with Crippen molar-refractivity contribution in [1.29, 1.82) is 0 Å². The third-order valence-corrected chi connectivity index (χ3v) is 7.34. The highest BCUT2D eigenvalue weighted by Crippen LogP contribution is 2.49. The van der Waals surface area contributed by atoms with Crippen molar-refractivity contribution in [2.75, 3.05) is 20.2 Å². The van der Waals surface area contributed by atoms with Crippen molar-refractivity contribution >= 4 is 5.57 Å². The molecule has 2 nitrogen and oxygen atoms in total. The Morgan fingerprint density at radius 3 is 2.96 bits per heavy atom. The van der Waals surface area contributed by atoms with Gasteiger partial charge in [-0.1, -0.05) is 18.6 Å². The van der Waals surface area contributed by atoms with Crippen LogP contribution in [0.2, 0.25) is 0 Å². The summed E-state index contributed by atoms with van der Waals surface area (Å²) >= 11 is 0. The molecule has 6 rings (SSSR count). The molecule has 128 valence electrons. The Morgan fingerprint density at radius 1 is 1.29 bits per heavy atom. The number of benzene rings is 1. The first-order valence-electron chi connectivity index (χ1n) is 9.63. The minimum Gasteiger partial charge on any atom is -0.494 e. The van der Waals surface area contributed by atoms with Crippen LogP contribution in [0, 0.1) is 23.6 Å². The van der Waals surface area contributed by atoms with Gasteiger partial charge in [-0.2, -0.15) is 0 Å². The quantitative estimate of drug-likeness (QED) is 0.881. The van der Waals surface area contributed by atoms with Crippen LogP contribution in [0.15, 0.2) is 17.7 Å². The largest absolute Gasteiger partial charge is 0.494 e. The van der Waals surface area contributed by atoms with Crippen molar-refractivity contribution in [2.24, 2.45) is 17.8 Å². The molecule has 1 unspecified atom stereocenters. The topological polar surface area (TPSA) is 13.7 Å². The van der Waals surface area contributed by atoms with Crippen LogP contribution in [-0.2, 0) is 6.42 Å². The van der Waals surface area contributed by atoms with Crippen molar-refractivity contribution in [1.82, 2.24) is 0 Å². The smallest absolute Gasteiger partial charge is 0.172 e. The molecule has 2 aliphatic carbocycles. The van der Waals surface area contributed by atoms with Gasteiger partial charge < -0.3 is 9.64 Å². The number of piperidine rings is 2. The van der Waals surface area contributed by atoms with Gasteiger partial charge in [-0.25, -0.2) is 4.39 Å². The summed E-state index contributed by atoms with van der Waals surface area (Å²) < 4.78 is 20.2. The van der Waals surface area contributed by atoms with E-state index in [2.05, 4.69) is 13.0 Å². The SMILES string of the molecule is CC[C@H]1C[C@@H]2C[C@H]3C4=C(CC[NH+](C2)[C@@H]13)c1c(ccc(OC)c1F)C4. The molecule has 0 aromatic heterocycles.